The first-order valence-corrected chi connectivity index (χ1v) is 6.57. The topological polar surface area (TPSA) is 46.6 Å². The van der Waals surface area contributed by atoms with Crippen molar-refractivity contribution in [2.75, 3.05) is 26.3 Å². The van der Waals surface area contributed by atoms with E-state index in [1.54, 1.807) is 0 Å². The van der Waals surface area contributed by atoms with Crippen LogP contribution in [0.1, 0.15) is 0 Å². The molecule has 0 amide bonds. The Balaban J connectivity index is 2.23. The van der Waals surface area contributed by atoms with E-state index >= 15 is 0 Å². The van der Waals surface area contributed by atoms with E-state index in [0.717, 1.165) is 16.5 Å². The smallest absolute Gasteiger partial charge is 0.253 e. The van der Waals surface area contributed by atoms with E-state index in [4.69, 9.17) is 4.74 Å². The lowest BCUT2D eigenvalue weighted by Gasteiger charge is -2.32. The minimum absolute atomic E-state index is 0.113. The number of hydrogen-bond donors (Lipinski definition) is 0. The van der Waals surface area contributed by atoms with Gasteiger partial charge in [-0.3, -0.25) is 0 Å². The number of sulfonamides is 1. The van der Waals surface area contributed by atoms with Crippen LogP contribution in [0.3, 0.4) is 0 Å². The lowest BCUT2D eigenvalue weighted by atomic mass is 10.1. The van der Waals surface area contributed by atoms with Crippen LogP contribution in [0.5, 0.6) is 0 Å². The average molecular weight is 264 g/mol. The molecule has 0 bridgehead atoms. The van der Waals surface area contributed by atoms with Gasteiger partial charge in [-0.15, -0.1) is 0 Å². The highest BCUT2D eigenvalue weighted by molar-refractivity contribution is 7.90. The minimum atomic E-state index is -4.18. The van der Waals surface area contributed by atoms with E-state index in [9.17, 15) is 17.2 Å². The van der Waals surface area contributed by atoms with Gasteiger partial charge in [0, 0.05) is 19.5 Å². The maximum atomic E-state index is 14.3. The summed E-state index contributed by atoms with van der Waals surface area (Å²) in [6.45, 7) is 0.705. The van der Waals surface area contributed by atoms with E-state index < -0.39 is 20.9 Å². The molecule has 0 spiro atoms. The largest absolute Gasteiger partial charge is 0.379 e. The third-order valence-electron chi connectivity index (χ3n) is 2.64. The van der Waals surface area contributed by atoms with Crippen molar-refractivity contribution < 1.29 is 21.9 Å². The average Bonchev–Trinajstić information content (AvgIpc) is 2.34. The van der Waals surface area contributed by atoms with Crippen LogP contribution in [0.15, 0.2) is 24.1 Å². The molecule has 1 fully saturated rings. The van der Waals surface area contributed by atoms with Crippen molar-refractivity contribution in [3.05, 3.63) is 30.5 Å². The molecule has 4 nitrogen and oxygen atoms in total. The van der Waals surface area contributed by atoms with Gasteiger partial charge in [-0.2, -0.15) is 4.31 Å². The summed E-state index contributed by atoms with van der Waals surface area (Å²) in [6.07, 6.45) is 3.07. The van der Waals surface area contributed by atoms with Gasteiger partial charge < -0.3 is 4.74 Å². The summed E-state index contributed by atoms with van der Waals surface area (Å²) < 4.78 is 57.1. The highest BCUT2D eigenvalue weighted by atomic mass is 32.2. The lowest BCUT2D eigenvalue weighted by Crippen LogP contribution is -2.49. The van der Waals surface area contributed by atoms with Crippen LogP contribution in [0, 0.1) is 6.42 Å². The Morgan fingerprint density at radius 2 is 2.00 bits per heavy atom. The SMILES string of the molecule is O=S(=O)(N1CCOCC1)C1(F)[CH]C=C(F)C=C1. The summed E-state index contributed by atoms with van der Waals surface area (Å²) in [5, 5.41) is -2.67. The first kappa shape index (κ1) is 12.7. The number of ether oxygens (including phenoxy) is 1. The number of allylic oxidation sites excluding steroid dienone is 3. The number of morpholine rings is 1. The minimum Gasteiger partial charge on any atom is -0.379 e. The van der Waals surface area contributed by atoms with Crippen LogP contribution in [0.4, 0.5) is 8.78 Å². The van der Waals surface area contributed by atoms with Crippen molar-refractivity contribution >= 4 is 10.0 Å². The highest BCUT2D eigenvalue weighted by Crippen LogP contribution is 2.33. The Morgan fingerprint density at radius 3 is 2.53 bits per heavy atom. The maximum absolute atomic E-state index is 14.3. The zero-order chi connectivity index (χ0) is 12.5. The van der Waals surface area contributed by atoms with Crippen LogP contribution in [0.25, 0.3) is 0 Å². The van der Waals surface area contributed by atoms with Gasteiger partial charge in [0.15, 0.2) is 0 Å². The lowest BCUT2D eigenvalue weighted by molar-refractivity contribution is 0.0711. The van der Waals surface area contributed by atoms with Gasteiger partial charge in [0.05, 0.1) is 13.2 Å². The second-order valence-corrected chi connectivity index (χ2v) is 5.86. The summed E-state index contributed by atoms with van der Waals surface area (Å²) in [5.41, 5.74) is 0. The Labute approximate surface area is 98.6 Å². The van der Waals surface area contributed by atoms with E-state index in [1.807, 2.05) is 0 Å². The predicted molar refractivity (Wildman–Crippen MR) is 57.8 cm³/mol. The van der Waals surface area contributed by atoms with E-state index in [-0.39, 0.29) is 26.3 Å². The molecule has 0 N–H and O–H groups in total. The first-order valence-electron chi connectivity index (χ1n) is 5.13. The molecule has 0 aromatic rings. The molecular formula is C10H12F2NO3S. The Bertz CT molecular complexity index is 454. The molecule has 1 unspecified atom stereocenters. The second kappa shape index (κ2) is 4.47. The number of halogens is 2. The van der Waals surface area contributed by atoms with Crippen molar-refractivity contribution in [3.63, 3.8) is 0 Å². The third kappa shape index (κ3) is 2.27. The molecule has 1 aliphatic heterocycles. The first-order chi connectivity index (χ1) is 7.96. The van der Waals surface area contributed by atoms with Crippen LogP contribution in [0.2, 0.25) is 0 Å². The van der Waals surface area contributed by atoms with Gasteiger partial charge >= 0.3 is 0 Å². The zero-order valence-electron chi connectivity index (χ0n) is 8.97. The summed E-state index contributed by atoms with van der Waals surface area (Å²) in [7, 11) is -4.18. The summed E-state index contributed by atoms with van der Waals surface area (Å²) in [4.78, 5) is 0. The van der Waals surface area contributed by atoms with Crippen molar-refractivity contribution in [2.45, 2.75) is 5.00 Å². The normalized spacial score (nSPS) is 31.3. The van der Waals surface area contributed by atoms with Gasteiger partial charge in [-0.1, -0.05) is 0 Å². The summed E-state index contributed by atoms with van der Waals surface area (Å²) >= 11 is 0. The fraction of sp³-hybridized carbons (Fsp3) is 0.500. The molecule has 0 aromatic heterocycles. The standard InChI is InChI=1S/C10H12F2NO3S/c11-9-1-3-10(12,4-2-9)17(14,15)13-5-7-16-8-6-13/h1-4H,5-8H2. The van der Waals surface area contributed by atoms with Crippen LogP contribution < -0.4 is 0 Å². The fourth-order valence-corrected chi connectivity index (χ4v) is 3.16. The van der Waals surface area contributed by atoms with Crippen LogP contribution >= 0.6 is 0 Å². The second-order valence-electron chi connectivity index (χ2n) is 3.77. The van der Waals surface area contributed by atoms with Crippen molar-refractivity contribution in [1.82, 2.24) is 4.31 Å². The summed E-state index contributed by atoms with van der Waals surface area (Å²) in [6, 6.07) is 0. The molecule has 1 aliphatic carbocycles. The Morgan fingerprint density at radius 1 is 1.35 bits per heavy atom. The fourth-order valence-electron chi connectivity index (χ4n) is 1.65. The molecule has 1 heterocycles. The molecule has 1 atom stereocenters. The molecule has 1 radical (unpaired) electrons. The zero-order valence-corrected chi connectivity index (χ0v) is 9.79. The number of hydrogen-bond acceptors (Lipinski definition) is 3. The quantitative estimate of drug-likeness (QED) is 0.745. The molecular weight excluding hydrogens is 252 g/mol. The monoisotopic (exact) mass is 264 g/mol. The predicted octanol–water partition coefficient (Wildman–Crippen LogP) is 0.942. The van der Waals surface area contributed by atoms with Gasteiger partial charge in [-0.25, -0.2) is 17.2 Å². The molecule has 2 aliphatic rings. The molecule has 7 heteroatoms. The maximum Gasteiger partial charge on any atom is 0.253 e. The number of rotatable bonds is 2. The third-order valence-corrected chi connectivity index (χ3v) is 4.75. The van der Waals surface area contributed by atoms with Crippen LogP contribution in [-0.4, -0.2) is 44.0 Å². The number of alkyl halides is 1. The molecule has 17 heavy (non-hydrogen) atoms. The van der Waals surface area contributed by atoms with Gasteiger partial charge in [0.25, 0.3) is 10.0 Å². The van der Waals surface area contributed by atoms with Gasteiger partial charge in [-0.05, 0) is 18.2 Å². The summed E-state index contributed by atoms with van der Waals surface area (Å²) in [5.74, 6) is -0.671. The van der Waals surface area contributed by atoms with E-state index in [1.165, 1.54) is 0 Å². The molecule has 2 rings (SSSR count). The molecule has 95 valence electrons. The van der Waals surface area contributed by atoms with Crippen molar-refractivity contribution in [1.29, 1.82) is 0 Å². The van der Waals surface area contributed by atoms with Gasteiger partial charge in [0.2, 0.25) is 5.00 Å². The number of nitrogens with zero attached hydrogens (tertiary/aromatic N) is 1. The Hall–Kier alpha value is -0.790. The van der Waals surface area contributed by atoms with E-state index in [0.29, 0.717) is 12.5 Å². The highest BCUT2D eigenvalue weighted by Gasteiger charge is 2.46. The van der Waals surface area contributed by atoms with Crippen molar-refractivity contribution in [3.8, 4) is 0 Å². The van der Waals surface area contributed by atoms with Crippen LogP contribution in [-0.2, 0) is 14.8 Å². The van der Waals surface area contributed by atoms with Gasteiger partial charge in [0.1, 0.15) is 5.83 Å². The Kier molecular flexibility index (Phi) is 3.33. The van der Waals surface area contributed by atoms with Crippen molar-refractivity contribution in [2.24, 2.45) is 0 Å². The molecule has 0 saturated carbocycles. The molecule has 0 aromatic carbocycles. The molecule has 1 saturated heterocycles. The van der Waals surface area contributed by atoms with E-state index in [2.05, 4.69) is 0 Å².